The van der Waals surface area contributed by atoms with Gasteiger partial charge in [0.15, 0.2) is 0 Å². The van der Waals surface area contributed by atoms with E-state index in [1.165, 1.54) is 5.56 Å². The van der Waals surface area contributed by atoms with Crippen molar-refractivity contribution >= 4 is 6.09 Å². The molecule has 0 radical (unpaired) electrons. The SMILES string of the molecule is Cc1nn(C)c(C)c1C1CN(C(=O)OC(C)(C)C)CCN1. The Kier molecular flexibility index (Phi) is 4.27. The smallest absolute Gasteiger partial charge is 0.410 e. The molecule has 1 atom stereocenters. The summed E-state index contributed by atoms with van der Waals surface area (Å²) in [7, 11) is 1.94. The fourth-order valence-corrected chi connectivity index (χ4v) is 2.73. The number of aryl methyl sites for hydroxylation is 2. The van der Waals surface area contributed by atoms with Gasteiger partial charge in [0, 0.05) is 37.9 Å². The van der Waals surface area contributed by atoms with Crippen LogP contribution in [0, 0.1) is 13.8 Å². The molecule has 1 unspecified atom stereocenters. The average Bonchev–Trinajstić information content (AvgIpc) is 2.61. The Hall–Kier alpha value is -1.56. The molecule has 1 amide bonds. The van der Waals surface area contributed by atoms with Gasteiger partial charge < -0.3 is 15.0 Å². The molecule has 1 aromatic rings. The van der Waals surface area contributed by atoms with Gasteiger partial charge in [0.05, 0.1) is 11.7 Å². The van der Waals surface area contributed by atoms with Crippen LogP contribution in [0.15, 0.2) is 0 Å². The second-order valence-electron chi connectivity index (χ2n) is 6.64. The molecule has 1 aliphatic rings. The van der Waals surface area contributed by atoms with Gasteiger partial charge in [-0.15, -0.1) is 0 Å². The highest BCUT2D eigenvalue weighted by Gasteiger charge is 2.30. The third-order valence-corrected chi connectivity index (χ3v) is 3.74. The van der Waals surface area contributed by atoms with E-state index < -0.39 is 5.60 Å². The number of hydrogen-bond acceptors (Lipinski definition) is 4. The highest BCUT2D eigenvalue weighted by atomic mass is 16.6. The molecule has 0 aromatic carbocycles. The van der Waals surface area contributed by atoms with Crippen molar-refractivity contribution in [3.05, 3.63) is 17.0 Å². The monoisotopic (exact) mass is 294 g/mol. The van der Waals surface area contributed by atoms with Crippen LogP contribution in [0.2, 0.25) is 0 Å². The van der Waals surface area contributed by atoms with Gasteiger partial charge in [-0.25, -0.2) is 4.79 Å². The van der Waals surface area contributed by atoms with E-state index in [4.69, 9.17) is 4.74 Å². The van der Waals surface area contributed by atoms with Crippen LogP contribution in [-0.4, -0.2) is 46.0 Å². The largest absolute Gasteiger partial charge is 0.444 e. The lowest BCUT2D eigenvalue weighted by Gasteiger charge is -2.35. The number of carbonyl (C=O) groups excluding carboxylic acids is 1. The number of carbonyl (C=O) groups is 1. The van der Waals surface area contributed by atoms with Gasteiger partial charge in [0.1, 0.15) is 5.60 Å². The number of rotatable bonds is 1. The van der Waals surface area contributed by atoms with Crippen LogP contribution in [-0.2, 0) is 11.8 Å². The van der Waals surface area contributed by atoms with E-state index in [2.05, 4.69) is 17.3 Å². The van der Waals surface area contributed by atoms with E-state index in [0.717, 1.165) is 17.9 Å². The molecule has 1 N–H and O–H groups in total. The molecule has 6 heteroatoms. The molecule has 1 fully saturated rings. The Morgan fingerprint density at radius 2 is 2.05 bits per heavy atom. The van der Waals surface area contributed by atoms with Crippen LogP contribution in [0.5, 0.6) is 0 Å². The first kappa shape index (κ1) is 15.8. The molecule has 0 saturated carbocycles. The van der Waals surface area contributed by atoms with Crippen molar-refractivity contribution in [1.82, 2.24) is 20.0 Å². The van der Waals surface area contributed by atoms with Crippen molar-refractivity contribution < 1.29 is 9.53 Å². The van der Waals surface area contributed by atoms with Crippen LogP contribution < -0.4 is 5.32 Å². The third-order valence-electron chi connectivity index (χ3n) is 3.74. The van der Waals surface area contributed by atoms with Gasteiger partial charge in [-0.05, 0) is 34.6 Å². The van der Waals surface area contributed by atoms with Gasteiger partial charge in [0.25, 0.3) is 0 Å². The van der Waals surface area contributed by atoms with Crippen molar-refractivity contribution in [1.29, 1.82) is 0 Å². The van der Waals surface area contributed by atoms with Gasteiger partial charge in [0.2, 0.25) is 0 Å². The number of aromatic nitrogens is 2. The van der Waals surface area contributed by atoms with Crippen molar-refractivity contribution in [2.24, 2.45) is 7.05 Å². The molecular formula is C15H26N4O2. The quantitative estimate of drug-likeness (QED) is 0.859. The van der Waals surface area contributed by atoms with Crippen LogP contribution in [0.25, 0.3) is 0 Å². The summed E-state index contributed by atoms with van der Waals surface area (Å²) in [5.74, 6) is 0. The van der Waals surface area contributed by atoms with Crippen LogP contribution >= 0.6 is 0 Å². The van der Waals surface area contributed by atoms with Crippen LogP contribution in [0.1, 0.15) is 43.8 Å². The predicted octanol–water partition coefficient (Wildman–Crippen LogP) is 1.92. The summed E-state index contributed by atoms with van der Waals surface area (Å²) in [6, 6.07) is 0.111. The molecule has 1 saturated heterocycles. The normalized spacial score (nSPS) is 19.7. The zero-order chi connectivity index (χ0) is 15.8. The molecule has 2 rings (SSSR count). The molecule has 0 aliphatic carbocycles. The molecular weight excluding hydrogens is 268 g/mol. The third kappa shape index (κ3) is 3.56. The highest BCUT2D eigenvalue weighted by molar-refractivity contribution is 5.68. The number of nitrogens with zero attached hydrogens (tertiary/aromatic N) is 3. The van der Waals surface area contributed by atoms with E-state index in [0.29, 0.717) is 13.1 Å². The lowest BCUT2D eigenvalue weighted by molar-refractivity contribution is 0.0194. The molecule has 0 spiro atoms. The number of piperazine rings is 1. The van der Waals surface area contributed by atoms with Gasteiger partial charge in [-0.2, -0.15) is 5.10 Å². The lowest BCUT2D eigenvalue weighted by atomic mass is 10.0. The molecule has 21 heavy (non-hydrogen) atoms. The standard InChI is InChI=1S/C15H26N4O2/c1-10-13(11(2)18(6)17-10)12-9-19(8-7-16-12)14(20)21-15(3,4)5/h12,16H,7-9H2,1-6H3. The molecule has 1 aromatic heterocycles. The summed E-state index contributed by atoms with van der Waals surface area (Å²) >= 11 is 0. The van der Waals surface area contributed by atoms with Crippen molar-refractivity contribution in [3.8, 4) is 0 Å². The minimum atomic E-state index is -0.461. The lowest BCUT2D eigenvalue weighted by Crippen LogP contribution is -2.49. The molecule has 6 nitrogen and oxygen atoms in total. The zero-order valence-electron chi connectivity index (χ0n) is 13.9. The van der Waals surface area contributed by atoms with E-state index in [-0.39, 0.29) is 12.1 Å². The summed E-state index contributed by atoms with van der Waals surface area (Å²) in [5, 5.41) is 7.93. The maximum atomic E-state index is 12.2. The number of hydrogen-bond donors (Lipinski definition) is 1. The number of ether oxygens (including phenoxy) is 1. The van der Waals surface area contributed by atoms with E-state index in [9.17, 15) is 4.79 Å². The average molecular weight is 294 g/mol. The summed E-state index contributed by atoms with van der Waals surface area (Å²) in [5.41, 5.74) is 2.87. The number of nitrogens with one attached hydrogen (secondary N) is 1. The molecule has 1 aliphatic heterocycles. The maximum Gasteiger partial charge on any atom is 0.410 e. The van der Waals surface area contributed by atoms with Gasteiger partial charge in [-0.1, -0.05) is 0 Å². The fourth-order valence-electron chi connectivity index (χ4n) is 2.73. The fraction of sp³-hybridized carbons (Fsp3) is 0.733. The summed E-state index contributed by atoms with van der Waals surface area (Å²) in [6.07, 6.45) is -0.242. The Morgan fingerprint density at radius 1 is 1.38 bits per heavy atom. The summed E-state index contributed by atoms with van der Waals surface area (Å²) in [6.45, 7) is 11.8. The molecule has 118 valence electrons. The minimum absolute atomic E-state index is 0.111. The first-order valence-electron chi connectivity index (χ1n) is 7.40. The van der Waals surface area contributed by atoms with E-state index in [1.807, 2.05) is 39.4 Å². The van der Waals surface area contributed by atoms with Crippen molar-refractivity contribution in [3.63, 3.8) is 0 Å². The first-order valence-corrected chi connectivity index (χ1v) is 7.40. The zero-order valence-corrected chi connectivity index (χ0v) is 13.9. The van der Waals surface area contributed by atoms with Crippen LogP contribution in [0.3, 0.4) is 0 Å². The topological polar surface area (TPSA) is 59.4 Å². The second kappa shape index (κ2) is 5.67. The highest BCUT2D eigenvalue weighted by Crippen LogP contribution is 2.24. The van der Waals surface area contributed by atoms with Gasteiger partial charge >= 0.3 is 6.09 Å². The van der Waals surface area contributed by atoms with Gasteiger partial charge in [-0.3, -0.25) is 4.68 Å². The molecule has 2 heterocycles. The predicted molar refractivity (Wildman–Crippen MR) is 81.2 cm³/mol. The Morgan fingerprint density at radius 3 is 2.57 bits per heavy atom. The van der Waals surface area contributed by atoms with E-state index >= 15 is 0 Å². The number of amides is 1. The summed E-state index contributed by atoms with van der Waals surface area (Å²) < 4.78 is 7.35. The Bertz CT molecular complexity index is 531. The first-order chi connectivity index (χ1) is 9.69. The van der Waals surface area contributed by atoms with E-state index in [1.54, 1.807) is 4.90 Å². The van der Waals surface area contributed by atoms with Crippen LogP contribution in [0.4, 0.5) is 4.79 Å². The minimum Gasteiger partial charge on any atom is -0.444 e. The Labute approximate surface area is 126 Å². The van der Waals surface area contributed by atoms with Crippen molar-refractivity contribution in [2.75, 3.05) is 19.6 Å². The Balaban J connectivity index is 2.12. The second-order valence-corrected chi connectivity index (χ2v) is 6.64. The maximum absolute atomic E-state index is 12.2. The van der Waals surface area contributed by atoms with Crippen molar-refractivity contribution in [2.45, 2.75) is 46.3 Å². The molecule has 0 bridgehead atoms. The summed E-state index contributed by atoms with van der Waals surface area (Å²) in [4.78, 5) is 14.0.